The Morgan fingerprint density at radius 1 is 1.21 bits per heavy atom. The molecule has 1 saturated heterocycles. The number of nitrogens with zero attached hydrogens (tertiary/aromatic N) is 4. The van der Waals surface area contributed by atoms with Crippen LogP contribution >= 0.6 is 0 Å². The van der Waals surface area contributed by atoms with E-state index in [1.54, 1.807) is 12.0 Å². The molecule has 8 heteroatoms. The zero-order valence-corrected chi connectivity index (χ0v) is 16.1. The molecule has 1 aromatic carbocycles. The summed E-state index contributed by atoms with van der Waals surface area (Å²) >= 11 is 0. The monoisotopic (exact) mass is 382 g/mol. The normalized spacial score (nSPS) is 14.2. The van der Waals surface area contributed by atoms with Crippen molar-refractivity contribution in [1.29, 1.82) is 0 Å². The molecule has 3 aromatic rings. The highest BCUT2D eigenvalue weighted by Crippen LogP contribution is 2.28. The standard InChI is InChI=1S/C20H22N4O4/c1-12-16(13(2)27-22-12)9-19(25)24-10-15(11-24)20-21-18(23-28-20)8-14-6-4-5-7-17(14)26-3/h4-7,15H,8-11H2,1-3H3. The summed E-state index contributed by atoms with van der Waals surface area (Å²) < 4.78 is 15.9. The van der Waals surface area contributed by atoms with Crippen molar-refractivity contribution < 1.29 is 18.6 Å². The minimum Gasteiger partial charge on any atom is -0.496 e. The van der Waals surface area contributed by atoms with E-state index in [0.717, 1.165) is 22.6 Å². The van der Waals surface area contributed by atoms with Gasteiger partial charge in [-0.2, -0.15) is 4.98 Å². The van der Waals surface area contributed by atoms with E-state index in [1.807, 2.05) is 38.1 Å². The van der Waals surface area contributed by atoms with Crippen LogP contribution in [0.3, 0.4) is 0 Å². The number of amides is 1. The van der Waals surface area contributed by atoms with Crippen molar-refractivity contribution in [3.05, 3.63) is 58.6 Å². The molecule has 0 aliphatic carbocycles. The topological polar surface area (TPSA) is 94.5 Å². The van der Waals surface area contributed by atoms with Crippen molar-refractivity contribution in [2.45, 2.75) is 32.6 Å². The Labute approximate surface area is 162 Å². The second-order valence-electron chi connectivity index (χ2n) is 7.01. The molecular weight excluding hydrogens is 360 g/mol. The number of hydrogen-bond donors (Lipinski definition) is 0. The number of aryl methyl sites for hydroxylation is 2. The summed E-state index contributed by atoms with van der Waals surface area (Å²) in [5.74, 6) is 2.81. The number of aromatic nitrogens is 3. The number of para-hydroxylation sites is 1. The lowest BCUT2D eigenvalue weighted by molar-refractivity contribution is -0.135. The van der Waals surface area contributed by atoms with Gasteiger partial charge in [-0.15, -0.1) is 0 Å². The molecule has 1 aliphatic heterocycles. The number of ether oxygens (including phenoxy) is 1. The molecule has 28 heavy (non-hydrogen) atoms. The van der Waals surface area contributed by atoms with Gasteiger partial charge in [-0.25, -0.2) is 0 Å². The molecule has 4 rings (SSSR count). The van der Waals surface area contributed by atoms with Gasteiger partial charge in [0.1, 0.15) is 11.5 Å². The van der Waals surface area contributed by atoms with Gasteiger partial charge in [0.2, 0.25) is 11.8 Å². The van der Waals surface area contributed by atoms with Crippen LogP contribution in [-0.4, -0.2) is 46.3 Å². The first-order chi connectivity index (χ1) is 13.5. The summed E-state index contributed by atoms with van der Waals surface area (Å²) in [6, 6.07) is 7.76. The number of methoxy groups -OCH3 is 1. The number of carbonyl (C=O) groups is 1. The highest BCUT2D eigenvalue weighted by atomic mass is 16.5. The van der Waals surface area contributed by atoms with Crippen molar-refractivity contribution >= 4 is 5.91 Å². The smallest absolute Gasteiger partial charge is 0.233 e. The SMILES string of the molecule is COc1ccccc1Cc1noc(C2CN(C(=O)Cc3c(C)noc3C)C2)n1. The maximum Gasteiger partial charge on any atom is 0.233 e. The Hall–Kier alpha value is -3.16. The van der Waals surface area contributed by atoms with Crippen LogP contribution < -0.4 is 4.74 Å². The van der Waals surface area contributed by atoms with Gasteiger partial charge >= 0.3 is 0 Å². The molecule has 0 radical (unpaired) electrons. The van der Waals surface area contributed by atoms with E-state index in [1.165, 1.54) is 0 Å². The number of hydrogen-bond acceptors (Lipinski definition) is 7. The van der Waals surface area contributed by atoms with E-state index in [-0.39, 0.29) is 11.8 Å². The quantitative estimate of drug-likeness (QED) is 0.646. The third-order valence-electron chi connectivity index (χ3n) is 5.12. The highest BCUT2D eigenvalue weighted by molar-refractivity contribution is 5.80. The average molecular weight is 382 g/mol. The third kappa shape index (κ3) is 3.49. The number of carbonyl (C=O) groups excluding carboxylic acids is 1. The zero-order chi connectivity index (χ0) is 19.7. The number of rotatable bonds is 6. The Morgan fingerprint density at radius 3 is 2.71 bits per heavy atom. The van der Waals surface area contributed by atoms with E-state index in [2.05, 4.69) is 15.3 Å². The van der Waals surface area contributed by atoms with Crippen LogP contribution in [-0.2, 0) is 17.6 Å². The summed E-state index contributed by atoms with van der Waals surface area (Å²) in [6.45, 7) is 4.83. The Balaban J connectivity index is 1.34. The highest BCUT2D eigenvalue weighted by Gasteiger charge is 2.36. The van der Waals surface area contributed by atoms with Crippen LogP contribution in [0.25, 0.3) is 0 Å². The molecule has 8 nitrogen and oxygen atoms in total. The van der Waals surface area contributed by atoms with Gasteiger partial charge in [0, 0.05) is 30.6 Å². The van der Waals surface area contributed by atoms with Gasteiger partial charge < -0.3 is 18.7 Å². The number of likely N-dealkylation sites (tertiary alicyclic amines) is 1. The van der Waals surface area contributed by atoms with Crippen LogP contribution in [0.15, 0.2) is 33.3 Å². The summed E-state index contributed by atoms with van der Waals surface area (Å²) in [6.07, 6.45) is 0.839. The van der Waals surface area contributed by atoms with E-state index in [0.29, 0.717) is 43.4 Å². The first-order valence-corrected chi connectivity index (χ1v) is 9.19. The molecule has 3 heterocycles. The summed E-state index contributed by atoms with van der Waals surface area (Å²) in [5.41, 5.74) is 2.63. The fourth-order valence-corrected chi connectivity index (χ4v) is 3.38. The minimum atomic E-state index is 0.0550. The van der Waals surface area contributed by atoms with Crippen molar-refractivity contribution in [2.75, 3.05) is 20.2 Å². The molecule has 0 unspecified atom stereocenters. The predicted molar refractivity (Wildman–Crippen MR) is 99.1 cm³/mol. The molecule has 1 aliphatic rings. The van der Waals surface area contributed by atoms with Gasteiger partial charge in [0.05, 0.1) is 25.1 Å². The maximum absolute atomic E-state index is 12.5. The molecule has 1 fully saturated rings. The lowest BCUT2D eigenvalue weighted by Gasteiger charge is -2.37. The molecule has 2 aromatic heterocycles. The molecule has 0 saturated carbocycles. The fraction of sp³-hybridized carbons (Fsp3) is 0.400. The van der Waals surface area contributed by atoms with E-state index in [9.17, 15) is 4.79 Å². The molecule has 0 spiro atoms. The van der Waals surface area contributed by atoms with Crippen LogP contribution in [0.2, 0.25) is 0 Å². The fourth-order valence-electron chi connectivity index (χ4n) is 3.38. The lowest BCUT2D eigenvalue weighted by Crippen LogP contribution is -2.49. The van der Waals surface area contributed by atoms with Crippen molar-refractivity contribution in [2.24, 2.45) is 0 Å². The molecule has 1 amide bonds. The largest absolute Gasteiger partial charge is 0.496 e. The first kappa shape index (κ1) is 18.2. The maximum atomic E-state index is 12.5. The summed E-state index contributed by atoms with van der Waals surface area (Å²) in [5, 5.41) is 7.97. The number of benzene rings is 1. The van der Waals surface area contributed by atoms with Crippen LogP contribution in [0, 0.1) is 13.8 Å². The van der Waals surface area contributed by atoms with E-state index >= 15 is 0 Å². The van der Waals surface area contributed by atoms with E-state index in [4.69, 9.17) is 13.8 Å². The van der Waals surface area contributed by atoms with Gasteiger partial charge in [0.25, 0.3) is 0 Å². The minimum absolute atomic E-state index is 0.0550. The second-order valence-corrected chi connectivity index (χ2v) is 7.01. The van der Waals surface area contributed by atoms with Gasteiger partial charge in [-0.3, -0.25) is 4.79 Å². The molecule has 0 bridgehead atoms. The zero-order valence-electron chi connectivity index (χ0n) is 16.1. The average Bonchev–Trinajstić information content (AvgIpc) is 3.23. The molecule has 0 atom stereocenters. The molecule has 146 valence electrons. The Kier molecular flexibility index (Phi) is 4.85. The van der Waals surface area contributed by atoms with Crippen LogP contribution in [0.1, 0.15) is 40.2 Å². The van der Waals surface area contributed by atoms with Gasteiger partial charge in [0.15, 0.2) is 5.82 Å². The van der Waals surface area contributed by atoms with Gasteiger partial charge in [-0.05, 0) is 19.9 Å². The van der Waals surface area contributed by atoms with Crippen molar-refractivity contribution in [3.8, 4) is 5.75 Å². The van der Waals surface area contributed by atoms with Crippen molar-refractivity contribution in [3.63, 3.8) is 0 Å². The summed E-state index contributed by atoms with van der Waals surface area (Å²) in [7, 11) is 1.64. The van der Waals surface area contributed by atoms with Crippen LogP contribution in [0.5, 0.6) is 5.75 Å². The van der Waals surface area contributed by atoms with E-state index < -0.39 is 0 Å². The molecular formula is C20H22N4O4. The predicted octanol–water partition coefficient (Wildman–Crippen LogP) is 2.44. The van der Waals surface area contributed by atoms with Gasteiger partial charge in [-0.1, -0.05) is 28.5 Å². The Morgan fingerprint density at radius 2 is 2.00 bits per heavy atom. The molecule has 0 N–H and O–H groups in total. The summed E-state index contributed by atoms with van der Waals surface area (Å²) in [4.78, 5) is 18.8. The lowest BCUT2D eigenvalue weighted by atomic mass is 9.98. The van der Waals surface area contributed by atoms with Crippen molar-refractivity contribution in [1.82, 2.24) is 20.2 Å². The second kappa shape index (κ2) is 7.46. The Bertz CT molecular complexity index is 968. The van der Waals surface area contributed by atoms with Crippen LogP contribution in [0.4, 0.5) is 0 Å². The third-order valence-corrected chi connectivity index (χ3v) is 5.12. The first-order valence-electron chi connectivity index (χ1n) is 9.19.